The predicted octanol–water partition coefficient (Wildman–Crippen LogP) is 2.14. The average Bonchev–Trinajstić information content (AvgIpc) is 2.80. The molecular formula is C15H20N2O4. The number of nitro groups is 1. The molecule has 1 aliphatic heterocycles. The highest BCUT2D eigenvalue weighted by molar-refractivity contribution is 5.73. The van der Waals surface area contributed by atoms with Crippen LogP contribution < -0.4 is 0 Å². The topological polar surface area (TPSA) is 72.7 Å². The first kappa shape index (κ1) is 15.4. The molecule has 2 rings (SSSR count). The number of rotatable bonds is 4. The van der Waals surface area contributed by atoms with Gasteiger partial charge in [0.2, 0.25) is 0 Å². The van der Waals surface area contributed by atoms with Gasteiger partial charge >= 0.3 is 5.97 Å². The van der Waals surface area contributed by atoms with E-state index in [0.717, 1.165) is 12.1 Å². The summed E-state index contributed by atoms with van der Waals surface area (Å²) >= 11 is 0. The van der Waals surface area contributed by atoms with Crippen LogP contribution in [-0.4, -0.2) is 36.0 Å². The van der Waals surface area contributed by atoms with E-state index < -0.39 is 0 Å². The molecule has 2 atom stereocenters. The minimum Gasteiger partial charge on any atom is -0.469 e. The Morgan fingerprint density at radius 3 is 2.81 bits per heavy atom. The molecule has 0 spiro atoms. The summed E-state index contributed by atoms with van der Waals surface area (Å²) in [5.41, 5.74) is 1.77. The lowest BCUT2D eigenvalue weighted by Crippen LogP contribution is -2.24. The number of benzene rings is 1. The fourth-order valence-corrected chi connectivity index (χ4v) is 2.93. The fraction of sp³-hybridized carbons (Fsp3) is 0.533. The highest BCUT2D eigenvalue weighted by atomic mass is 16.6. The van der Waals surface area contributed by atoms with Crippen molar-refractivity contribution >= 4 is 11.7 Å². The van der Waals surface area contributed by atoms with Gasteiger partial charge < -0.3 is 4.74 Å². The summed E-state index contributed by atoms with van der Waals surface area (Å²) in [5, 5.41) is 11.0. The number of carbonyl (C=O) groups excluding carboxylic acids is 1. The van der Waals surface area contributed by atoms with Gasteiger partial charge in [-0.05, 0) is 18.4 Å². The van der Waals surface area contributed by atoms with Crippen molar-refractivity contribution < 1.29 is 14.5 Å². The third kappa shape index (κ3) is 3.21. The Bertz CT molecular complexity index is 559. The van der Waals surface area contributed by atoms with Gasteiger partial charge in [-0.25, -0.2) is 0 Å². The van der Waals surface area contributed by atoms with E-state index in [0.29, 0.717) is 18.7 Å². The normalized spacial score (nSPS) is 22.2. The number of ether oxygens (including phenoxy) is 1. The van der Waals surface area contributed by atoms with E-state index in [2.05, 4.69) is 4.90 Å². The van der Waals surface area contributed by atoms with Crippen molar-refractivity contribution in [2.45, 2.75) is 20.4 Å². The van der Waals surface area contributed by atoms with Crippen molar-refractivity contribution in [2.75, 3.05) is 20.2 Å². The zero-order chi connectivity index (χ0) is 15.6. The molecule has 0 bridgehead atoms. The molecule has 2 unspecified atom stereocenters. The lowest BCUT2D eigenvalue weighted by atomic mass is 9.99. The van der Waals surface area contributed by atoms with Crippen molar-refractivity contribution in [1.82, 2.24) is 4.90 Å². The number of esters is 1. The standard InChI is InChI=1S/C15H20N2O4/c1-10-7-16(9-13(10)15(18)21-3)8-12-5-4-6-14(11(12)2)17(19)20/h4-6,10,13H,7-9H2,1-3H3. The summed E-state index contributed by atoms with van der Waals surface area (Å²) in [4.78, 5) is 24.5. The molecule has 1 fully saturated rings. The van der Waals surface area contributed by atoms with Crippen LogP contribution in [0.4, 0.5) is 5.69 Å². The van der Waals surface area contributed by atoms with Gasteiger partial charge in [-0.2, -0.15) is 0 Å². The van der Waals surface area contributed by atoms with E-state index in [1.807, 2.05) is 13.0 Å². The molecule has 0 N–H and O–H groups in total. The van der Waals surface area contributed by atoms with Crippen LogP contribution in [-0.2, 0) is 16.1 Å². The Balaban J connectivity index is 2.12. The van der Waals surface area contributed by atoms with Crippen LogP contribution in [0, 0.1) is 28.9 Å². The van der Waals surface area contributed by atoms with E-state index >= 15 is 0 Å². The maximum Gasteiger partial charge on any atom is 0.310 e. The lowest BCUT2D eigenvalue weighted by Gasteiger charge is -2.17. The number of nitrogens with zero attached hydrogens (tertiary/aromatic N) is 2. The highest BCUT2D eigenvalue weighted by Gasteiger charge is 2.35. The molecule has 0 amide bonds. The summed E-state index contributed by atoms with van der Waals surface area (Å²) in [6.45, 7) is 5.84. The van der Waals surface area contributed by atoms with Gasteiger partial charge in [-0.3, -0.25) is 19.8 Å². The largest absolute Gasteiger partial charge is 0.469 e. The van der Waals surface area contributed by atoms with E-state index in [1.165, 1.54) is 13.2 Å². The first-order valence-corrected chi connectivity index (χ1v) is 6.97. The number of nitro benzene ring substituents is 1. The van der Waals surface area contributed by atoms with Crippen molar-refractivity contribution in [1.29, 1.82) is 0 Å². The van der Waals surface area contributed by atoms with Crippen LogP contribution in [0.2, 0.25) is 0 Å². The van der Waals surface area contributed by atoms with Crippen molar-refractivity contribution in [2.24, 2.45) is 11.8 Å². The zero-order valence-electron chi connectivity index (χ0n) is 12.5. The third-order valence-electron chi connectivity index (χ3n) is 4.20. The molecule has 1 saturated heterocycles. The van der Waals surface area contributed by atoms with E-state index in [9.17, 15) is 14.9 Å². The van der Waals surface area contributed by atoms with Gasteiger partial charge in [0.15, 0.2) is 0 Å². The Morgan fingerprint density at radius 1 is 1.48 bits per heavy atom. The third-order valence-corrected chi connectivity index (χ3v) is 4.20. The van der Waals surface area contributed by atoms with Gasteiger partial charge in [-0.15, -0.1) is 0 Å². The average molecular weight is 292 g/mol. The second kappa shape index (κ2) is 6.22. The van der Waals surface area contributed by atoms with Gasteiger partial charge in [0.25, 0.3) is 5.69 Å². The minimum absolute atomic E-state index is 0.117. The SMILES string of the molecule is COC(=O)C1CN(Cc2cccc([N+](=O)[O-])c2C)CC1C. The maximum atomic E-state index is 11.7. The van der Waals surface area contributed by atoms with Gasteiger partial charge in [0.1, 0.15) is 0 Å². The van der Waals surface area contributed by atoms with Gasteiger partial charge in [0.05, 0.1) is 18.0 Å². The van der Waals surface area contributed by atoms with Gasteiger partial charge in [-0.1, -0.05) is 19.1 Å². The molecule has 1 aromatic rings. The quantitative estimate of drug-likeness (QED) is 0.483. The first-order chi connectivity index (χ1) is 9.93. The smallest absolute Gasteiger partial charge is 0.310 e. The van der Waals surface area contributed by atoms with Crippen LogP contribution in [0.3, 0.4) is 0 Å². The van der Waals surface area contributed by atoms with Gasteiger partial charge in [0, 0.05) is 31.3 Å². The molecule has 21 heavy (non-hydrogen) atoms. The number of carbonyl (C=O) groups is 1. The van der Waals surface area contributed by atoms with E-state index in [-0.39, 0.29) is 28.4 Å². The first-order valence-electron chi connectivity index (χ1n) is 6.97. The van der Waals surface area contributed by atoms with Crippen LogP contribution in [0.1, 0.15) is 18.1 Å². The maximum absolute atomic E-state index is 11.7. The summed E-state index contributed by atoms with van der Waals surface area (Å²) in [6, 6.07) is 5.12. The fourth-order valence-electron chi connectivity index (χ4n) is 2.93. The molecule has 1 aromatic carbocycles. The number of hydrogen-bond acceptors (Lipinski definition) is 5. The number of methoxy groups -OCH3 is 1. The molecular weight excluding hydrogens is 272 g/mol. The molecule has 0 radical (unpaired) electrons. The molecule has 6 nitrogen and oxygen atoms in total. The molecule has 0 aliphatic carbocycles. The summed E-state index contributed by atoms with van der Waals surface area (Å²) in [5.74, 6) is -0.0637. The van der Waals surface area contributed by atoms with Crippen LogP contribution in [0.15, 0.2) is 18.2 Å². The van der Waals surface area contributed by atoms with Crippen molar-refractivity contribution in [3.05, 3.63) is 39.4 Å². The Labute approximate surface area is 123 Å². The van der Waals surface area contributed by atoms with E-state index in [4.69, 9.17) is 4.74 Å². The molecule has 114 valence electrons. The Kier molecular flexibility index (Phi) is 4.57. The lowest BCUT2D eigenvalue weighted by molar-refractivity contribution is -0.385. The molecule has 0 saturated carbocycles. The summed E-state index contributed by atoms with van der Waals surface area (Å²) < 4.78 is 4.82. The second-order valence-corrected chi connectivity index (χ2v) is 5.62. The molecule has 1 aliphatic rings. The second-order valence-electron chi connectivity index (χ2n) is 5.62. The number of likely N-dealkylation sites (tertiary alicyclic amines) is 1. The van der Waals surface area contributed by atoms with E-state index in [1.54, 1.807) is 13.0 Å². The Hall–Kier alpha value is -1.95. The van der Waals surface area contributed by atoms with Crippen LogP contribution in [0.25, 0.3) is 0 Å². The molecule has 1 heterocycles. The van der Waals surface area contributed by atoms with Crippen molar-refractivity contribution in [3.8, 4) is 0 Å². The predicted molar refractivity (Wildman–Crippen MR) is 77.8 cm³/mol. The van der Waals surface area contributed by atoms with Crippen LogP contribution in [0.5, 0.6) is 0 Å². The van der Waals surface area contributed by atoms with Crippen LogP contribution >= 0.6 is 0 Å². The monoisotopic (exact) mass is 292 g/mol. The molecule has 0 aromatic heterocycles. The minimum atomic E-state index is -0.358. The Morgan fingerprint density at radius 2 is 2.19 bits per heavy atom. The van der Waals surface area contributed by atoms with Crippen molar-refractivity contribution in [3.63, 3.8) is 0 Å². The number of hydrogen-bond donors (Lipinski definition) is 0. The summed E-state index contributed by atoms with van der Waals surface area (Å²) in [7, 11) is 1.41. The summed E-state index contributed by atoms with van der Waals surface area (Å²) in [6.07, 6.45) is 0. The molecule has 6 heteroatoms. The highest BCUT2D eigenvalue weighted by Crippen LogP contribution is 2.28. The zero-order valence-corrected chi connectivity index (χ0v) is 12.5.